The van der Waals surface area contributed by atoms with Gasteiger partial charge >= 0.3 is 0 Å². The number of rotatable bonds is 5. The predicted octanol–water partition coefficient (Wildman–Crippen LogP) is 2.49. The first-order valence-corrected chi connectivity index (χ1v) is 6.47. The van der Waals surface area contributed by atoms with Gasteiger partial charge in [0.1, 0.15) is 0 Å². The molecule has 0 aliphatic carbocycles. The van der Waals surface area contributed by atoms with Gasteiger partial charge in [-0.3, -0.25) is 4.99 Å². The first-order chi connectivity index (χ1) is 7.63. The molecule has 0 aliphatic rings. The van der Waals surface area contributed by atoms with Crippen LogP contribution in [0.15, 0.2) is 10.4 Å². The zero-order chi connectivity index (χ0) is 12.0. The first-order valence-electron chi connectivity index (χ1n) is 5.59. The van der Waals surface area contributed by atoms with E-state index in [1.54, 1.807) is 11.3 Å². The van der Waals surface area contributed by atoms with Crippen LogP contribution in [0.3, 0.4) is 0 Å². The van der Waals surface area contributed by atoms with Gasteiger partial charge in [0.2, 0.25) is 0 Å². The van der Waals surface area contributed by atoms with Crippen LogP contribution in [0.4, 0.5) is 0 Å². The van der Waals surface area contributed by atoms with E-state index in [9.17, 15) is 0 Å². The van der Waals surface area contributed by atoms with Crippen LogP contribution in [0.1, 0.15) is 36.9 Å². The van der Waals surface area contributed by atoms with Crippen molar-refractivity contribution in [1.82, 2.24) is 10.3 Å². The first kappa shape index (κ1) is 16.6. The molecule has 0 aliphatic heterocycles. The summed E-state index contributed by atoms with van der Waals surface area (Å²) in [7, 11) is 0. The summed E-state index contributed by atoms with van der Waals surface area (Å²) in [4.78, 5) is 8.74. The fourth-order valence-electron chi connectivity index (χ4n) is 1.22. The number of guanidine groups is 1. The number of halogens is 1. The van der Waals surface area contributed by atoms with Crippen molar-refractivity contribution in [3.63, 3.8) is 0 Å². The fourth-order valence-corrected chi connectivity index (χ4v) is 2.07. The minimum atomic E-state index is 0. The molecule has 1 atom stereocenters. The maximum atomic E-state index is 5.71. The van der Waals surface area contributed by atoms with Crippen molar-refractivity contribution >= 4 is 41.3 Å². The molecule has 0 spiro atoms. The number of hydrogen-bond acceptors (Lipinski definition) is 3. The summed E-state index contributed by atoms with van der Waals surface area (Å²) in [5.41, 5.74) is 6.79. The number of nitrogens with zero attached hydrogens (tertiary/aromatic N) is 2. The Morgan fingerprint density at radius 2 is 2.35 bits per heavy atom. The summed E-state index contributed by atoms with van der Waals surface area (Å²) in [6.45, 7) is 7.79. The standard InChI is InChI=1S/C11H20N4S.HI/c1-4-5-13-11(12)14-6-8(2)10-15-9(3)7-16-10;/h7-8H,4-6H2,1-3H3,(H3,12,13,14);1H. The summed E-state index contributed by atoms with van der Waals surface area (Å²) in [5.74, 6) is 0.864. The molecule has 17 heavy (non-hydrogen) atoms. The van der Waals surface area contributed by atoms with Gasteiger partial charge in [-0.05, 0) is 13.3 Å². The van der Waals surface area contributed by atoms with Crippen LogP contribution in [0.2, 0.25) is 0 Å². The van der Waals surface area contributed by atoms with Crippen LogP contribution < -0.4 is 11.1 Å². The minimum absolute atomic E-state index is 0. The van der Waals surface area contributed by atoms with Gasteiger partial charge in [-0.25, -0.2) is 4.98 Å². The Labute approximate surface area is 124 Å². The van der Waals surface area contributed by atoms with Crippen LogP contribution >= 0.6 is 35.3 Å². The highest BCUT2D eigenvalue weighted by atomic mass is 127. The molecule has 0 aromatic carbocycles. The molecule has 1 rings (SSSR count). The Morgan fingerprint density at radius 3 is 2.88 bits per heavy atom. The Kier molecular flexibility index (Phi) is 8.49. The third kappa shape index (κ3) is 6.21. The highest BCUT2D eigenvalue weighted by Crippen LogP contribution is 2.19. The summed E-state index contributed by atoms with van der Waals surface area (Å²) >= 11 is 1.69. The van der Waals surface area contributed by atoms with Crippen molar-refractivity contribution in [1.29, 1.82) is 0 Å². The number of aryl methyl sites for hydroxylation is 1. The van der Waals surface area contributed by atoms with E-state index in [1.165, 1.54) is 0 Å². The van der Waals surface area contributed by atoms with Crippen LogP contribution in [0, 0.1) is 6.92 Å². The van der Waals surface area contributed by atoms with E-state index in [1.807, 2.05) is 6.92 Å². The Morgan fingerprint density at radius 1 is 1.65 bits per heavy atom. The second-order valence-electron chi connectivity index (χ2n) is 3.88. The molecule has 0 saturated heterocycles. The Hall–Kier alpha value is -0.370. The number of aliphatic imine (C=N–C) groups is 1. The lowest BCUT2D eigenvalue weighted by molar-refractivity contribution is 0.751. The summed E-state index contributed by atoms with van der Waals surface area (Å²) in [6.07, 6.45) is 1.05. The average Bonchev–Trinajstić information content (AvgIpc) is 2.69. The van der Waals surface area contributed by atoms with E-state index in [4.69, 9.17) is 5.73 Å². The van der Waals surface area contributed by atoms with Gasteiger partial charge in [0.15, 0.2) is 5.96 Å². The molecule has 1 heterocycles. The molecular weight excluding hydrogens is 347 g/mol. The normalized spacial score (nSPS) is 13.0. The Balaban J connectivity index is 0.00000256. The van der Waals surface area contributed by atoms with E-state index in [0.29, 0.717) is 18.4 Å². The lowest BCUT2D eigenvalue weighted by Crippen LogP contribution is -2.32. The quantitative estimate of drug-likeness (QED) is 0.477. The van der Waals surface area contributed by atoms with Gasteiger partial charge in [0.05, 0.1) is 11.6 Å². The number of aromatic nitrogens is 1. The van der Waals surface area contributed by atoms with Crippen molar-refractivity contribution in [2.75, 3.05) is 13.1 Å². The van der Waals surface area contributed by atoms with Gasteiger partial charge in [-0.2, -0.15) is 0 Å². The largest absolute Gasteiger partial charge is 0.370 e. The van der Waals surface area contributed by atoms with Gasteiger partial charge in [-0.15, -0.1) is 35.3 Å². The summed E-state index contributed by atoms with van der Waals surface area (Å²) < 4.78 is 0. The average molecular weight is 368 g/mol. The highest BCUT2D eigenvalue weighted by Gasteiger charge is 2.08. The molecule has 0 bridgehead atoms. The summed E-state index contributed by atoms with van der Waals surface area (Å²) in [5, 5.41) is 6.25. The molecule has 0 saturated carbocycles. The van der Waals surface area contributed by atoms with Crippen molar-refractivity contribution < 1.29 is 0 Å². The molecule has 1 aromatic rings. The van der Waals surface area contributed by atoms with Crippen LogP contribution in [-0.2, 0) is 0 Å². The minimum Gasteiger partial charge on any atom is -0.370 e. The van der Waals surface area contributed by atoms with Crippen molar-refractivity contribution in [3.8, 4) is 0 Å². The third-order valence-corrected chi connectivity index (χ3v) is 3.34. The maximum Gasteiger partial charge on any atom is 0.188 e. The molecule has 3 N–H and O–H groups in total. The monoisotopic (exact) mass is 368 g/mol. The van der Waals surface area contributed by atoms with Crippen molar-refractivity contribution in [2.45, 2.75) is 33.1 Å². The third-order valence-electron chi connectivity index (χ3n) is 2.15. The van der Waals surface area contributed by atoms with Gasteiger partial charge < -0.3 is 11.1 Å². The van der Waals surface area contributed by atoms with Crippen LogP contribution in [0.5, 0.6) is 0 Å². The lowest BCUT2D eigenvalue weighted by atomic mass is 10.2. The lowest BCUT2D eigenvalue weighted by Gasteiger charge is -2.06. The molecule has 4 nitrogen and oxygen atoms in total. The van der Waals surface area contributed by atoms with Gasteiger partial charge in [0.25, 0.3) is 0 Å². The van der Waals surface area contributed by atoms with Crippen molar-refractivity contribution in [2.24, 2.45) is 10.7 Å². The summed E-state index contributed by atoms with van der Waals surface area (Å²) in [6, 6.07) is 0. The second-order valence-corrected chi connectivity index (χ2v) is 4.77. The predicted molar refractivity (Wildman–Crippen MR) is 85.5 cm³/mol. The SMILES string of the molecule is CCCNC(N)=NCC(C)c1nc(C)cs1.I. The zero-order valence-corrected chi connectivity index (χ0v) is 13.7. The molecular formula is C11H21IN4S. The van der Waals surface area contributed by atoms with Crippen LogP contribution in [0.25, 0.3) is 0 Å². The van der Waals surface area contributed by atoms with Crippen LogP contribution in [-0.4, -0.2) is 24.0 Å². The Bertz CT molecular complexity index is 351. The fraction of sp³-hybridized carbons (Fsp3) is 0.636. The molecule has 6 heteroatoms. The van der Waals surface area contributed by atoms with E-state index in [2.05, 4.69) is 34.5 Å². The van der Waals surface area contributed by atoms with E-state index in [-0.39, 0.29) is 24.0 Å². The maximum absolute atomic E-state index is 5.71. The van der Waals surface area contributed by atoms with Gasteiger partial charge in [-0.1, -0.05) is 13.8 Å². The molecule has 98 valence electrons. The molecule has 1 aromatic heterocycles. The van der Waals surface area contributed by atoms with E-state index < -0.39 is 0 Å². The molecule has 1 unspecified atom stereocenters. The second kappa shape index (κ2) is 8.68. The smallest absolute Gasteiger partial charge is 0.188 e. The van der Waals surface area contributed by atoms with E-state index in [0.717, 1.165) is 23.7 Å². The number of nitrogens with two attached hydrogens (primary N) is 1. The zero-order valence-electron chi connectivity index (χ0n) is 10.6. The van der Waals surface area contributed by atoms with E-state index >= 15 is 0 Å². The number of hydrogen-bond donors (Lipinski definition) is 2. The highest BCUT2D eigenvalue weighted by molar-refractivity contribution is 14.0. The molecule has 0 radical (unpaired) electrons. The van der Waals surface area contributed by atoms with Crippen molar-refractivity contribution in [3.05, 3.63) is 16.1 Å². The number of thiazole rings is 1. The molecule has 0 fully saturated rings. The number of nitrogens with one attached hydrogen (secondary N) is 1. The molecule has 0 amide bonds. The topological polar surface area (TPSA) is 63.3 Å². The van der Waals surface area contributed by atoms with Gasteiger partial charge in [0, 0.05) is 23.5 Å².